The van der Waals surface area contributed by atoms with Gasteiger partial charge in [-0.25, -0.2) is 4.39 Å². The van der Waals surface area contributed by atoms with Gasteiger partial charge in [-0.1, -0.05) is 26.0 Å². The third-order valence-electron chi connectivity index (χ3n) is 4.02. The largest absolute Gasteiger partial charge is 0.344 e. The number of anilines is 1. The maximum atomic E-state index is 13.8. The molecule has 1 heterocycles. The lowest BCUT2D eigenvalue weighted by Crippen LogP contribution is -2.44. The monoisotopic (exact) mass is 292 g/mol. The highest BCUT2D eigenvalue weighted by Gasteiger charge is 2.35. The van der Waals surface area contributed by atoms with Crippen LogP contribution in [0.1, 0.15) is 33.1 Å². The zero-order valence-corrected chi connectivity index (χ0v) is 12.4. The molecule has 0 aliphatic carbocycles. The van der Waals surface area contributed by atoms with Crippen LogP contribution in [0.25, 0.3) is 0 Å². The maximum absolute atomic E-state index is 13.8. The van der Waals surface area contributed by atoms with Gasteiger partial charge in [0.1, 0.15) is 11.9 Å². The standard InChI is InChI=1S/C16H21FN2O2/c1-3-11(4-2)15(20)18-13-9-10-19(16(13)21)14-8-6-5-7-12(14)17/h5-8,11,13H,3-4,9-10H2,1-2H3,(H,18,20). The lowest BCUT2D eigenvalue weighted by Gasteiger charge is -2.19. The van der Waals surface area contributed by atoms with Crippen LogP contribution >= 0.6 is 0 Å². The molecule has 1 aliphatic heterocycles. The zero-order valence-electron chi connectivity index (χ0n) is 12.4. The Morgan fingerprint density at radius 3 is 2.67 bits per heavy atom. The first kappa shape index (κ1) is 15.5. The normalized spacial score (nSPS) is 18.4. The summed E-state index contributed by atoms with van der Waals surface area (Å²) in [6, 6.07) is 5.66. The fourth-order valence-electron chi connectivity index (χ4n) is 2.67. The van der Waals surface area contributed by atoms with Crippen molar-refractivity contribution in [3.63, 3.8) is 0 Å². The quantitative estimate of drug-likeness (QED) is 0.906. The van der Waals surface area contributed by atoms with Crippen LogP contribution in [0.5, 0.6) is 0 Å². The van der Waals surface area contributed by atoms with E-state index in [1.54, 1.807) is 18.2 Å². The highest BCUT2D eigenvalue weighted by atomic mass is 19.1. The molecule has 0 aromatic heterocycles. The van der Waals surface area contributed by atoms with Gasteiger partial charge in [0.15, 0.2) is 0 Å². The summed E-state index contributed by atoms with van der Waals surface area (Å²) in [7, 11) is 0. The Morgan fingerprint density at radius 1 is 1.38 bits per heavy atom. The van der Waals surface area contributed by atoms with Crippen molar-refractivity contribution in [3.05, 3.63) is 30.1 Å². The van der Waals surface area contributed by atoms with Gasteiger partial charge in [-0.2, -0.15) is 0 Å². The minimum absolute atomic E-state index is 0.0692. The van der Waals surface area contributed by atoms with Gasteiger partial charge in [-0.05, 0) is 31.4 Å². The third kappa shape index (κ3) is 3.23. The molecule has 1 atom stereocenters. The first-order valence-corrected chi connectivity index (χ1v) is 7.44. The van der Waals surface area contributed by atoms with Crippen LogP contribution in [0.2, 0.25) is 0 Å². The molecule has 1 aromatic rings. The number of hydrogen-bond donors (Lipinski definition) is 1. The fourth-order valence-corrected chi connectivity index (χ4v) is 2.67. The molecule has 0 saturated carbocycles. The Kier molecular flexibility index (Phi) is 4.94. The number of rotatable bonds is 5. The van der Waals surface area contributed by atoms with Crippen molar-refractivity contribution in [1.82, 2.24) is 5.32 Å². The third-order valence-corrected chi connectivity index (χ3v) is 4.02. The summed E-state index contributed by atoms with van der Waals surface area (Å²) in [5.41, 5.74) is 0.279. The predicted octanol–water partition coefficient (Wildman–Crippen LogP) is 2.48. The molecule has 1 fully saturated rings. The lowest BCUT2D eigenvalue weighted by molar-refractivity contribution is -0.129. The summed E-state index contributed by atoms with van der Waals surface area (Å²) >= 11 is 0. The molecule has 5 heteroatoms. The number of hydrogen-bond acceptors (Lipinski definition) is 2. The molecule has 114 valence electrons. The van der Waals surface area contributed by atoms with E-state index < -0.39 is 11.9 Å². The Balaban J connectivity index is 2.05. The van der Waals surface area contributed by atoms with Gasteiger partial charge in [0.25, 0.3) is 0 Å². The molecule has 4 nitrogen and oxygen atoms in total. The summed E-state index contributed by atoms with van der Waals surface area (Å²) in [6.07, 6.45) is 2.01. The van der Waals surface area contributed by atoms with Crippen molar-refractivity contribution in [2.75, 3.05) is 11.4 Å². The summed E-state index contributed by atoms with van der Waals surface area (Å²) in [4.78, 5) is 25.8. The van der Waals surface area contributed by atoms with Crippen molar-refractivity contribution in [2.24, 2.45) is 5.92 Å². The molecular formula is C16H21FN2O2. The van der Waals surface area contributed by atoms with E-state index in [1.807, 2.05) is 13.8 Å². The number of carbonyl (C=O) groups is 2. The summed E-state index contributed by atoms with van der Waals surface area (Å²) < 4.78 is 13.8. The lowest BCUT2D eigenvalue weighted by atomic mass is 10.0. The highest BCUT2D eigenvalue weighted by Crippen LogP contribution is 2.24. The first-order valence-electron chi connectivity index (χ1n) is 7.44. The molecule has 2 rings (SSSR count). The van der Waals surface area contributed by atoms with Gasteiger partial charge in [0.2, 0.25) is 11.8 Å². The van der Waals surface area contributed by atoms with Crippen LogP contribution in [0, 0.1) is 11.7 Å². The number of para-hydroxylation sites is 1. The second kappa shape index (κ2) is 6.70. The van der Waals surface area contributed by atoms with E-state index in [9.17, 15) is 14.0 Å². The van der Waals surface area contributed by atoms with Crippen molar-refractivity contribution in [1.29, 1.82) is 0 Å². The molecular weight excluding hydrogens is 271 g/mol. The fraction of sp³-hybridized carbons (Fsp3) is 0.500. The molecule has 0 spiro atoms. The maximum Gasteiger partial charge on any atom is 0.249 e. The number of halogens is 1. The minimum Gasteiger partial charge on any atom is -0.344 e. The van der Waals surface area contributed by atoms with Crippen LogP contribution in [0.4, 0.5) is 10.1 Å². The SMILES string of the molecule is CCC(CC)C(=O)NC1CCN(c2ccccc2F)C1=O. The Morgan fingerprint density at radius 2 is 2.05 bits per heavy atom. The summed E-state index contributed by atoms with van der Waals surface area (Å²) in [5, 5.41) is 2.80. The smallest absolute Gasteiger partial charge is 0.249 e. The molecule has 1 aromatic carbocycles. The van der Waals surface area contributed by atoms with Crippen molar-refractivity contribution < 1.29 is 14.0 Å². The van der Waals surface area contributed by atoms with E-state index in [-0.39, 0.29) is 23.4 Å². The number of carbonyl (C=O) groups excluding carboxylic acids is 2. The van der Waals surface area contributed by atoms with E-state index in [0.29, 0.717) is 13.0 Å². The highest BCUT2D eigenvalue weighted by molar-refractivity contribution is 6.01. The zero-order chi connectivity index (χ0) is 15.4. The Hall–Kier alpha value is -1.91. The first-order chi connectivity index (χ1) is 10.1. The van der Waals surface area contributed by atoms with Crippen molar-refractivity contribution in [3.8, 4) is 0 Å². The van der Waals surface area contributed by atoms with Crippen LogP contribution < -0.4 is 10.2 Å². The molecule has 2 amide bonds. The van der Waals surface area contributed by atoms with E-state index in [4.69, 9.17) is 0 Å². The van der Waals surface area contributed by atoms with Gasteiger partial charge in [0, 0.05) is 12.5 Å². The van der Waals surface area contributed by atoms with E-state index >= 15 is 0 Å². The molecule has 1 N–H and O–H groups in total. The van der Waals surface area contributed by atoms with Crippen molar-refractivity contribution >= 4 is 17.5 Å². The molecule has 21 heavy (non-hydrogen) atoms. The molecule has 0 radical (unpaired) electrons. The molecule has 1 unspecified atom stereocenters. The topological polar surface area (TPSA) is 49.4 Å². The van der Waals surface area contributed by atoms with Gasteiger partial charge in [-0.15, -0.1) is 0 Å². The Bertz CT molecular complexity index is 529. The van der Waals surface area contributed by atoms with Gasteiger partial charge in [0.05, 0.1) is 5.69 Å². The van der Waals surface area contributed by atoms with Crippen LogP contribution in [0.15, 0.2) is 24.3 Å². The summed E-state index contributed by atoms with van der Waals surface area (Å²) in [5.74, 6) is -0.814. The molecule has 1 saturated heterocycles. The second-order valence-corrected chi connectivity index (χ2v) is 5.30. The number of nitrogens with zero attached hydrogens (tertiary/aromatic N) is 1. The van der Waals surface area contributed by atoms with E-state index in [2.05, 4.69) is 5.32 Å². The second-order valence-electron chi connectivity index (χ2n) is 5.30. The Labute approximate surface area is 124 Å². The van der Waals surface area contributed by atoms with Crippen LogP contribution in [0.3, 0.4) is 0 Å². The van der Waals surface area contributed by atoms with Gasteiger partial charge < -0.3 is 10.2 Å². The predicted molar refractivity (Wildman–Crippen MR) is 79.4 cm³/mol. The number of amides is 2. The van der Waals surface area contributed by atoms with Gasteiger partial charge >= 0.3 is 0 Å². The van der Waals surface area contributed by atoms with Crippen LogP contribution in [-0.2, 0) is 9.59 Å². The number of benzene rings is 1. The molecule has 0 bridgehead atoms. The molecule has 1 aliphatic rings. The van der Waals surface area contributed by atoms with E-state index in [0.717, 1.165) is 12.8 Å². The van der Waals surface area contributed by atoms with E-state index in [1.165, 1.54) is 11.0 Å². The average molecular weight is 292 g/mol. The van der Waals surface area contributed by atoms with Crippen molar-refractivity contribution in [2.45, 2.75) is 39.2 Å². The average Bonchev–Trinajstić information content (AvgIpc) is 2.82. The number of nitrogens with one attached hydrogen (secondary N) is 1. The minimum atomic E-state index is -0.544. The summed E-state index contributed by atoms with van der Waals surface area (Å²) in [6.45, 7) is 4.33. The van der Waals surface area contributed by atoms with Crippen LogP contribution in [-0.4, -0.2) is 24.4 Å². The van der Waals surface area contributed by atoms with Gasteiger partial charge in [-0.3, -0.25) is 9.59 Å².